The first-order chi connectivity index (χ1) is 17.6. The highest BCUT2D eigenvalue weighted by atomic mass is 16.5. The highest BCUT2D eigenvalue weighted by molar-refractivity contribution is 5.73. The third-order valence-electron chi connectivity index (χ3n) is 8.18. The van der Waals surface area contributed by atoms with Crippen LogP contribution >= 0.6 is 0 Å². The molecule has 0 unspecified atom stereocenters. The average molecular weight is 504 g/mol. The molecule has 37 heavy (non-hydrogen) atoms. The smallest absolute Gasteiger partial charge is 0.227 e. The van der Waals surface area contributed by atoms with E-state index in [4.69, 9.17) is 4.52 Å². The van der Waals surface area contributed by atoms with Crippen molar-refractivity contribution in [1.29, 1.82) is 0 Å². The Bertz CT molecular complexity index is 1260. The van der Waals surface area contributed by atoms with Crippen molar-refractivity contribution in [3.05, 3.63) is 65.3 Å². The molecule has 1 N–H and O–H groups in total. The van der Waals surface area contributed by atoms with Gasteiger partial charge in [0, 0.05) is 68.5 Å². The lowest BCUT2D eigenvalue weighted by molar-refractivity contribution is -0.127. The molecule has 8 heteroatoms. The number of aromatic nitrogens is 3. The van der Waals surface area contributed by atoms with E-state index in [0.29, 0.717) is 35.5 Å². The molecule has 2 aromatic heterocycles. The monoisotopic (exact) mass is 503 g/mol. The van der Waals surface area contributed by atoms with Crippen LogP contribution in [0.3, 0.4) is 0 Å². The first-order valence-corrected chi connectivity index (χ1v) is 13.1. The van der Waals surface area contributed by atoms with Crippen molar-refractivity contribution >= 4 is 5.91 Å². The molecule has 1 aromatic carbocycles. The average Bonchev–Trinajstić information content (AvgIpc) is 3.53. The Morgan fingerprint density at radius 2 is 1.95 bits per heavy atom. The maximum Gasteiger partial charge on any atom is 0.227 e. The Labute approximate surface area is 218 Å². The third kappa shape index (κ3) is 4.68. The second kappa shape index (κ2) is 9.65. The summed E-state index contributed by atoms with van der Waals surface area (Å²) in [5, 5.41) is 16.7. The van der Waals surface area contributed by atoms with Crippen molar-refractivity contribution in [2.24, 2.45) is 11.3 Å². The molecule has 4 heterocycles. The molecule has 5 rings (SSSR count). The Hall–Kier alpha value is -3.10. The molecular weight excluding hydrogens is 466 g/mol. The predicted octanol–water partition coefficient (Wildman–Crippen LogP) is 3.85. The van der Waals surface area contributed by atoms with Crippen LogP contribution in [-0.4, -0.2) is 69.2 Å². The van der Waals surface area contributed by atoms with Crippen LogP contribution in [0.15, 0.2) is 47.2 Å². The summed E-state index contributed by atoms with van der Waals surface area (Å²) in [4.78, 5) is 24.9. The first-order valence-electron chi connectivity index (χ1n) is 13.1. The third-order valence-corrected chi connectivity index (χ3v) is 8.18. The summed E-state index contributed by atoms with van der Waals surface area (Å²) in [5.74, 6) is 1.85. The van der Waals surface area contributed by atoms with E-state index in [2.05, 4.69) is 60.0 Å². The zero-order chi connectivity index (χ0) is 26.4. The fourth-order valence-electron chi connectivity index (χ4n) is 6.09. The van der Waals surface area contributed by atoms with Crippen LogP contribution in [0.1, 0.15) is 62.6 Å². The summed E-state index contributed by atoms with van der Waals surface area (Å²) in [6, 6.07) is 10.2. The quantitative estimate of drug-likeness (QED) is 0.523. The maximum atomic E-state index is 12.5. The van der Waals surface area contributed by atoms with Crippen molar-refractivity contribution < 1.29 is 14.4 Å². The lowest BCUT2D eigenvalue weighted by atomic mass is 9.62. The second-order valence-electron chi connectivity index (χ2n) is 11.5. The van der Waals surface area contributed by atoms with Crippen molar-refractivity contribution in [2.45, 2.75) is 52.1 Å². The number of rotatable bonds is 7. The number of benzene rings is 1. The van der Waals surface area contributed by atoms with Gasteiger partial charge in [-0.15, -0.1) is 0 Å². The van der Waals surface area contributed by atoms with E-state index >= 15 is 0 Å². The zero-order valence-corrected chi connectivity index (χ0v) is 22.4. The van der Waals surface area contributed by atoms with Gasteiger partial charge in [0.2, 0.25) is 17.6 Å². The number of carbonyl (C=O) groups is 1. The summed E-state index contributed by atoms with van der Waals surface area (Å²) in [5.41, 5.74) is 1.91. The van der Waals surface area contributed by atoms with E-state index in [9.17, 15) is 9.90 Å². The molecule has 2 atom stereocenters. The minimum absolute atomic E-state index is 0.106. The summed E-state index contributed by atoms with van der Waals surface area (Å²) in [6.45, 7) is 11.1. The van der Waals surface area contributed by atoms with Crippen molar-refractivity contribution in [2.75, 3.05) is 33.2 Å². The molecule has 0 spiro atoms. The van der Waals surface area contributed by atoms with Gasteiger partial charge in [-0.2, -0.15) is 4.98 Å². The summed E-state index contributed by atoms with van der Waals surface area (Å²) >= 11 is 0. The van der Waals surface area contributed by atoms with E-state index < -0.39 is 5.60 Å². The fraction of sp³-hybridized carbons (Fsp3) is 0.517. The summed E-state index contributed by atoms with van der Waals surface area (Å²) < 4.78 is 5.57. The van der Waals surface area contributed by atoms with Gasteiger partial charge < -0.3 is 19.4 Å². The van der Waals surface area contributed by atoms with Gasteiger partial charge in [0.25, 0.3) is 0 Å². The standard InChI is InChI=1S/C29H37N5O3/c1-19(2)22-6-8-24(9-7-22)29(36,28(4)17-33(5)18-28)25-13-23(14-30-15-25)27-31-26(37-32-27)12-21-10-11-34(16-21)20(3)35/h6-9,13-15,19,21,36H,10-12,16-18H2,1-5H3/t21-,29-/m0/s1. The molecule has 2 saturated heterocycles. The Morgan fingerprint density at radius 1 is 1.22 bits per heavy atom. The van der Waals surface area contributed by atoms with Gasteiger partial charge in [-0.3, -0.25) is 9.78 Å². The second-order valence-corrected chi connectivity index (χ2v) is 11.5. The van der Waals surface area contributed by atoms with E-state index in [1.54, 1.807) is 19.3 Å². The number of likely N-dealkylation sites (tertiary alicyclic amines) is 2. The molecule has 2 aliphatic heterocycles. The van der Waals surface area contributed by atoms with Crippen LogP contribution in [-0.2, 0) is 16.8 Å². The van der Waals surface area contributed by atoms with Crippen molar-refractivity contribution in [1.82, 2.24) is 24.9 Å². The van der Waals surface area contributed by atoms with Crippen LogP contribution in [0.5, 0.6) is 0 Å². The number of amides is 1. The van der Waals surface area contributed by atoms with Crippen molar-refractivity contribution in [3.8, 4) is 11.4 Å². The molecule has 0 radical (unpaired) electrons. The number of nitrogens with zero attached hydrogens (tertiary/aromatic N) is 5. The van der Waals surface area contributed by atoms with Gasteiger partial charge in [-0.25, -0.2) is 0 Å². The van der Waals surface area contributed by atoms with Gasteiger partial charge in [-0.05, 0) is 42.5 Å². The normalized spacial score (nSPS) is 21.2. The van der Waals surface area contributed by atoms with E-state index in [-0.39, 0.29) is 11.3 Å². The van der Waals surface area contributed by atoms with Gasteiger partial charge in [-0.1, -0.05) is 50.2 Å². The minimum atomic E-state index is -1.23. The van der Waals surface area contributed by atoms with Crippen LogP contribution in [0, 0.1) is 11.3 Å². The Kier molecular flexibility index (Phi) is 6.66. The lowest BCUT2D eigenvalue weighted by Crippen LogP contribution is -2.63. The van der Waals surface area contributed by atoms with Crippen molar-refractivity contribution in [3.63, 3.8) is 0 Å². The summed E-state index contributed by atoms with van der Waals surface area (Å²) in [7, 11) is 2.07. The number of carbonyl (C=O) groups excluding carboxylic acids is 1. The molecule has 2 aliphatic rings. The Balaban J connectivity index is 1.44. The van der Waals surface area contributed by atoms with Gasteiger partial charge in [0.05, 0.1) is 0 Å². The van der Waals surface area contributed by atoms with Gasteiger partial charge in [0.1, 0.15) is 5.60 Å². The number of pyridine rings is 1. The predicted molar refractivity (Wildman–Crippen MR) is 141 cm³/mol. The molecule has 0 saturated carbocycles. The number of aliphatic hydroxyl groups is 1. The van der Waals surface area contributed by atoms with Crippen LogP contribution in [0.25, 0.3) is 11.4 Å². The van der Waals surface area contributed by atoms with Crippen LogP contribution in [0.4, 0.5) is 0 Å². The minimum Gasteiger partial charge on any atom is -0.380 e. The molecule has 0 bridgehead atoms. The molecule has 8 nitrogen and oxygen atoms in total. The number of hydrogen-bond acceptors (Lipinski definition) is 7. The SMILES string of the molecule is CC(=O)N1CC[C@@H](Cc2nc(-c3cncc([C@@](O)(c4ccc(C(C)C)cc4)C4(C)CN(C)C4)c3)no2)C1. The molecule has 2 fully saturated rings. The van der Waals surface area contributed by atoms with E-state index in [0.717, 1.165) is 43.7 Å². The highest BCUT2D eigenvalue weighted by Gasteiger charge is 2.55. The molecular formula is C29H37N5O3. The largest absolute Gasteiger partial charge is 0.380 e. The Morgan fingerprint density at radius 3 is 2.57 bits per heavy atom. The first kappa shape index (κ1) is 25.5. The molecule has 196 valence electrons. The zero-order valence-electron chi connectivity index (χ0n) is 22.4. The van der Waals surface area contributed by atoms with Crippen LogP contribution < -0.4 is 0 Å². The van der Waals surface area contributed by atoms with Crippen LogP contribution in [0.2, 0.25) is 0 Å². The molecule has 1 amide bonds. The van der Waals surface area contributed by atoms with Gasteiger partial charge >= 0.3 is 0 Å². The fourth-order valence-corrected chi connectivity index (χ4v) is 6.09. The lowest BCUT2D eigenvalue weighted by Gasteiger charge is -2.55. The summed E-state index contributed by atoms with van der Waals surface area (Å²) in [6.07, 6.45) is 5.03. The van der Waals surface area contributed by atoms with E-state index in [1.165, 1.54) is 5.56 Å². The highest BCUT2D eigenvalue weighted by Crippen LogP contribution is 2.50. The molecule has 3 aromatic rings. The van der Waals surface area contributed by atoms with Gasteiger partial charge in [0.15, 0.2) is 0 Å². The maximum absolute atomic E-state index is 12.5. The molecule has 0 aliphatic carbocycles. The topological polar surface area (TPSA) is 95.6 Å². The van der Waals surface area contributed by atoms with E-state index in [1.807, 2.05) is 23.1 Å². The number of hydrogen-bond donors (Lipinski definition) is 1.